The number of rotatable bonds is 9. The lowest BCUT2D eigenvalue weighted by Gasteiger charge is -2.21. The van der Waals surface area contributed by atoms with E-state index in [1.807, 2.05) is 24.3 Å². The van der Waals surface area contributed by atoms with Gasteiger partial charge in [-0.3, -0.25) is 9.59 Å². The van der Waals surface area contributed by atoms with Crippen molar-refractivity contribution in [3.63, 3.8) is 0 Å². The van der Waals surface area contributed by atoms with Crippen LogP contribution in [0.3, 0.4) is 0 Å². The van der Waals surface area contributed by atoms with Crippen molar-refractivity contribution >= 4 is 11.8 Å². The van der Waals surface area contributed by atoms with E-state index in [-0.39, 0.29) is 37.1 Å². The van der Waals surface area contributed by atoms with Crippen LogP contribution in [0, 0.1) is 5.92 Å². The first-order valence-corrected chi connectivity index (χ1v) is 8.65. The molecule has 24 heavy (non-hydrogen) atoms. The van der Waals surface area contributed by atoms with Crippen LogP contribution in [-0.4, -0.2) is 33.2 Å². The van der Waals surface area contributed by atoms with Gasteiger partial charge >= 0.3 is 5.97 Å². The maximum atomic E-state index is 12.2. The number of aliphatic hydroxyl groups is 2. The Morgan fingerprint density at radius 1 is 1.08 bits per heavy atom. The lowest BCUT2D eigenvalue weighted by molar-refractivity contribution is -0.137. The number of ketones is 1. The van der Waals surface area contributed by atoms with Crippen LogP contribution in [0.4, 0.5) is 0 Å². The van der Waals surface area contributed by atoms with E-state index in [0.29, 0.717) is 6.42 Å². The molecule has 0 saturated heterocycles. The summed E-state index contributed by atoms with van der Waals surface area (Å²) in [4.78, 5) is 22.7. The quantitative estimate of drug-likeness (QED) is 0.604. The van der Waals surface area contributed by atoms with E-state index in [0.717, 1.165) is 36.8 Å². The van der Waals surface area contributed by atoms with Gasteiger partial charge in [-0.25, -0.2) is 0 Å². The smallest absolute Gasteiger partial charge is 0.303 e. The van der Waals surface area contributed by atoms with Gasteiger partial charge < -0.3 is 15.3 Å². The number of hydrogen-bond donors (Lipinski definition) is 3. The molecule has 0 heterocycles. The highest BCUT2D eigenvalue weighted by atomic mass is 16.4. The molecule has 1 aromatic rings. The van der Waals surface area contributed by atoms with E-state index in [1.54, 1.807) is 0 Å². The molecule has 2 rings (SSSR count). The van der Waals surface area contributed by atoms with Crippen LogP contribution >= 0.6 is 0 Å². The number of aliphatic carboxylic acids is 1. The zero-order valence-electron chi connectivity index (χ0n) is 13.9. The summed E-state index contributed by atoms with van der Waals surface area (Å²) in [5.41, 5.74) is 1.76. The molecule has 1 saturated carbocycles. The maximum absolute atomic E-state index is 12.2. The van der Waals surface area contributed by atoms with Gasteiger partial charge in [-0.2, -0.15) is 0 Å². The number of carboxylic acids is 1. The van der Waals surface area contributed by atoms with Crippen LogP contribution < -0.4 is 0 Å². The molecule has 0 bridgehead atoms. The molecule has 1 aromatic carbocycles. The van der Waals surface area contributed by atoms with Crippen molar-refractivity contribution in [2.45, 2.75) is 63.6 Å². The Morgan fingerprint density at radius 2 is 1.75 bits per heavy atom. The summed E-state index contributed by atoms with van der Waals surface area (Å²) in [7, 11) is 0. The van der Waals surface area contributed by atoms with Crippen molar-refractivity contribution in [3.8, 4) is 0 Å². The maximum Gasteiger partial charge on any atom is 0.303 e. The zero-order valence-corrected chi connectivity index (χ0v) is 13.9. The van der Waals surface area contributed by atoms with Crippen molar-refractivity contribution in [1.82, 2.24) is 0 Å². The Bertz CT molecular complexity index is 551. The number of carbonyl (C=O) groups excluding carboxylic acids is 1. The summed E-state index contributed by atoms with van der Waals surface area (Å²) in [6, 6.07) is 7.43. The first kappa shape index (κ1) is 18.6. The van der Waals surface area contributed by atoms with Gasteiger partial charge in [0.2, 0.25) is 0 Å². The van der Waals surface area contributed by atoms with Gasteiger partial charge in [0.15, 0.2) is 0 Å². The molecule has 0 aromatic heterocycles. The molecule has 0 aliphatic heterocycles. The number of carbonyl (C=O) groups is 2. The van der Waals surface area contributed by atoms with Gasteiger partial charge in [-0.15, -0.1) is 0 Å². The molecule has 1 aliphatic rings. The van der Waals surface area contributed by atoms with Crippen molar-refractivity contribution < 1.29 is 24.9 Å². The molecule has 0 unspecified atom stereocenters. The average Bonchev–Trinajstić information content (AvgIpc) is 2.84. The molecule has 0 spiro atoms. The Labute approximate surface area is 142 Å². The number of Topliss-reactive ketones (excluding diaryl/α,β-unsaturated/α-hetero) is 1. The van der Waals surface area contributed by atoms with Gasteiger partial charge in [-0.1, -0.05) is 43.5 Å². The van der Waals surface area contributed by atoms with Crippen molar-refractivity contribution in [2.75, 3.05) is 0 Å². The molecule has 3 N–H and O–H groups in total. The average molecular weight is 334 g/mol. The zero-order chi connectivity index (χ0) is 17.5. The van der Waals surface area contributed by atoms with Crippen molar-refractivity contribution in [3.05, 3.63) is 35.4 Å². The van der Waals surface area contributed by atoms with Crippen molar-refractivity contribution in [1.29, 1.82) is 0 Å². The SMILES string of the molecule is O=C(O)CCCCCC[C@H]1C(=O)C[C@@H](O)[C@@H]1c1ccc(CO)cc1. The van der Waals surface area contributed by atoms with Crippen LogP contribution in [-0.2, 0) is 16.2 Å². The third-order valence-electron chi connectivity index (χ3n) is 4.87. The van der Waals surface area contributed by atoms with E-state index < -0.39 is 12.1 Å². The second-order valence-electron chi connectivity index (χ2n) is 6.62. The van der Waals surface area contributed by atoms with Crippen LogP contribution in [0.15, 0.2) is 24.3 Å². The first-order valence-electron chi connectivity index (χ1n) is 8.65. The summed E-state index contributed by atoms with van der Waals surface area (Å²) < 4.78 is 0. The van der Waals surface area contributed by atoms with Gasteiger partial charge in [0.25, 0.3) is 0 Å². The fourth-order valence-electron chi connectivity index (χ4n) is 3.59. The summed E-state index contributed by atoms with van der Waals surface area (Å²) in [5, 5.41) is 28.0. The fourth-order valence-corrected chi connectivity index (χ4v) is 3.59. The molecule has 5 heteroatoms. The molecule has 132 valence electrons. The normalized spacial score (nSPS) is 23.6. The number of hydrogen-bond acceptors (Lipinski definition) is 4. The van der Waals surface area contributed by atoms with Crippen LogP contribution in [0.2, 0.25) is 0 Å². The first-order chi connectivity index (χ1) is 11.5. The highest BCUT2D eigenvalue weighted by Crippen LogP contribution is 2.40. The van der Waals surface area contributed by atoms with Gasteiger partial charge in [0, 0.05) is 24.7 Å². The number of benzene rings is 1. The summed E-state index contributed by atoms with van der Waals surface area (Å²) >= 11 is 0. The highest BCUT2D eigenvalue weighted by molar-refractivity contribution is 5.85. The number of carboxylic acid groups (broad SMARTS) is 1. The largest absolute Gasteiger partial charge is 0.481 e. The third kappa shape index (κ3) is 4.89. The van der Waals surface area contributed by atoms with Crippen LogP contribution in [0.1, 0.15) is 62.0 Å². The fraction of sp³-hybridized carbons (Fsp3) is 0.579. The van der Waals surface area contributed by atoms with E-state index in [4.69, 9.17) is 10.2 Å². The lowest BCUT2D eigenvalue weighted by Crippen LogP contribution is -2.18. The third-order valence-corrected chi connectivity index (χ3v) is 4.87. The second-order valence-corrected chi connectivity index (χ2v) is 6.62. The predicted molar refractivity (Wildman–Crippen MR) is 89.6 cm³/mol. The topological polar surface area (TPSA) is 94.8 Å². The number of aliphatic hydroxyl groups excluding tert-OH is 2. The number of unbranched alkanes of at least 4 members (excludes halogenated alkanes) is 3. The van der Waals surface area contributed by atoms with Gasteiger partial charge in [0.1, 0.15) is 5.78 Å². The molecule has 1 aliphatic carbocycles. The minimum absolute atomic E-state index is 0.0216. The Kier molecular flexibility index (Phi) is 6.94. The highest BCUT2D eigenvalue weighted by Gasteiger charge is 2.41. The van der Waals surface area contributed by atoms with E-state index in [1.165, 1.54) is 0 Å². The Balaban J connectivity index is 1.90. The summed E-state index contributed by atoms with van der Waals surface area (Å²) in [6.45, 7) is -0.0216. The lowest BCUT2D eigenvalue weighted by atomic mass is 9.84. The van der Waals surface area contributed by atoms with Crippen LogP contribution in [0.25, 0.3) is 0 Å². The Hall–Kier alpha value is -1.72. The Morgan fingerprint density at radius 3 is 2.38 bits per heavy atom. The van der Waals surface area contributed by atoms with Gasteiger partial charge in [-0.05, 0) is 24.0 Å². The van der Waals surface area contributed by atoms with Crippen LogP contribution in [0.5, 0.6) is 0 Å². The van der Waals surface area contributed by atoms with E-state index in [2.05, 4.69) is 0 Å². The molecular weight excluding hydrogens is 308 g/mol. The monoisotopic (exact) mass is 334 g/mol. The predicted octanol–water partition coefficient (Wildman–Crippen LogP) is 2.64. The summed E-state index contributed by atoms with van der Waals surface area (Å²) in [6.07, 6.45) is 3.78. The summed E-state index contributed by atoms with van der Waals surface area (Å²) in [5.74, 6) is -0.997. The second kappa shape index (κ2) is 8.94. The molecule has 0 radical (unpaired) electrons. The standard InChI is InChI=1S/C19H26O5/c20-12-13-7-9-14(10-8-13)19-15(16(21)11-17(19)22)5-3-1-2-4-6-18(23)24/h7-10,15,17,19-20,22H,1-6,11-12H2,(H,23,24)/t15-,17+,19+/m0/s1. The molecule has 1 fully saturated rings. The van der Waals surface area contributed by atoms with Gasteiger partial charge in [0.05, 0.1) is 12.7 Å². The molecule has 0 amide bonds. The van der Waals surface area contributed by atoms with E-state index >= 15 is 0 Å². The molecule has 5 nitrogen and oxygen atoms in total. The minimum atomic E-state index is -0.768. The minimum Gasteiger partial charge on any atom is -0.481 e. The van der Waals surface area contributed by atoms with E-state index in [9.17, 15) is 14.7 Å². The van der Waals surface area contributed by atoms with Crippen molar-refractivity contribution in [2.24, 2.45) is 5.92 Å². The molecule has 3 atom stereocenters. The molecular formula is C19H26O5.